The fourth-order valence-electron chi connectivity index (χ4n) is 2.21. The number of ether oxygens (including phenoxy) is 2. The van der Waals surface area contributed by atoms with Gasteiger partial charge in [-0.1, -0.05) is 24.3 Å². The smallest absolute Gasteiger partial charge is 0.313 e. The van der Waals surface area contributed by atoms with Crippen LogP contribution in [0.5, 0.6) is 11.5 Å². The van der Waals surface area contributed by atoms with Crippen molar-refractivity contribution in [1.82, 2.24) is 5.32 Å². The number of amides is 2. The number of hydrogen-bond donors (Lipinski definition) is 2. The van der Waals surface area contributed by atoms with E-state index in [1.165, 1.54) is 0 Å². The summed E-state index contributed by atoms with van der Waals surface area (Å²) in [6, 6.07) is 12.6. The zero-order valence-electron chi connectivity index (χ0n) is 12.6. The minimum absolute atomic E-state index is 0.198. The molecule has 0 radical (unpaired) electrons. The molecule has 23 heavy (non-hydrogen) atoms. The maximum absolute atomic E-state index is 11.9. The first-order valence-corrected chi connectivity index (χ1v) is 7.17. The van der Waals surface area contributed by atoms with E-state index in [-0.39, 0.29) is 13.3 Å². The molecule has 0 unspecified atom stereocenters. The standard InChI is InChI=1S/C17H16N2O4/c1-11-4-2-3-5-13(11)19-17(21)16(20)18-9-12-6-7-14-15(8-12)23-10-22-14/h2-8H,9-10H2,1H3,(H,18,20)(H,19,21). The minimum atomic E-state index is -0.694. The lowest BCUT2D eigenvalue weighted by atomic mass is 10.2. The van der Waals surface area contributed by atoms with Gasteiger partial charge in [0.05, 0.1) is 0 Å². The van der Waals surface area contributed by atoms with Crippen LogP contribution in [-0.2, 0) is 16.1 Å². The van der Waals surface area contributed by atoms with Crippen molar-refractivity contribution in [2.75, 3.05) is 12.1 Å². The van der Waals surface area contributed by atoms with Crippen molar-refractivity contribution in [3.63, 3.8) is 0 Å². The molecule has 0 saturated carbocycles. The molecule has 0 bridgehead atoms. The number of para-hydroxylation sites is 1. The predicted octanol–water partition coefficient (Wildman–Crippen LogP) is 1.98. The number of nitrogens with one attached hydrogen (secondary N) is 2. The van der Waals surface area contributed by atoms with Crippen LogP contribution in [0.3, 0.4) is 0 Å². The third-order valence-corrected chi connectivity index (χ3v) is 3.49. The van der Waals surface area contributed by atoms with Crippen LogP contribution in [0.2, 0.25) is 0 Å². The third kappa shape index (κ3) is 3.42. The summed E-state index contributed by atoms with van der Waals surface area (Å²) >= 11 is 0. The lowest BCUT2D eigenvalue weighted by molar-refractivity contribution is -0.136. The molecule has 2 N–H and O–H groups in total. The highest BCUT2D eigenvalue weighted by Gasteiger charge is 2.16. The topological polar surface area (TPSA) is 76.7 Å². The number of benzene rings is 2. The molecule has 0 saturated heterocycles. The molecule has 0 atom stereocenters. The maximum Gasteiger partial charge on any atom is 0.313 e. The Labute approximate surface area is 133 Å². The number of anilines is 1. The number of aryl methyl sites for hydroxylation is 1. The van der Waals surface area contributed by atoms with Gasteiger partial charge in [0, 0.05) is 12.2 Å². The molecule has 0 spiro atoms. The normalized spacial score (nSPS) is 11.9. The first kappa shape index (κ1) is 14.9. The molecule has 2 amide bonds. The van der Waals surface area contributed by atoms with Crippen molar-refractivity contribution in [2.45, 2.75) is 13.5 Å². The highest BCUT2D eigenvalue weighted by molar-refractivity contribution is 6.39. The van der Waals surface area contributed by atoms with Gasteiger partial charge < -0.3 is 20.1 Å². The van der Waals surface area contributed by atoms with Crippen molar-refractivity contribution in [3.05, 3.63) is 53.6 Å². The average Bonchev–Trinajstić information content (AvgIpc) is 3.02. The highest BCUT2D eigenvalue weighted by atomic mass is 16.7. The van der Waals surface area contributed by atoms with E-state index in [0.29, 0.717) is 17.2 Å². The van der Waals surface area contributed by atoms with E-state index < -0.39 is 11.8 Å². The lowest BCUT2D eigenvalue weighted by Crippen LogP contribution is -2.35. The van der Waals surface area contributed by atoms with Crippen molar-refractivity contribution in [2.24, 2.45) is 0 Å². The number of carbonyl (C=O) groups excluding carboxylic acids is 2. The van der Waals surface area contributed by atoms with Gasteiger partial charge >= 0.3 is 11.8 Å². The number of fused-ring (bicyclic) bond motifs is 1. The van der Waals surface area contributed by atoms with Crippen LogP contribution in [0, 0.1) is 6.92 Å². The van der Waals surface area contributed by atoms with E-state index in [0.717, 1.165) is 11.1 Å². The quantitative estimate of drug-likeness (QED) is 0.850. The molecule has 6 nitrogen and oxygen atoms in total. The summed E-state index contributed by atoms with van der Waals surface area (Å²) in [6.45, 7) is 2.29. The Bertz CT molecular complexity index is 758. The van der Waals surface area contributed by atoms with Gasteiger partial charge in [0.2, 0.25) is 6.79 Å². The summed E-state index contributed by atoms with van der Waals surface area (Å²) in [6.07, 6.45) is 0. The Morgan fingerprint density at radius 2 is 1.83 bits per heavy atom. The summed E-state index contributed by atoms with van der Waals surface area (Å²) in [7, 11) is 0. The average molecular weight is 312 g/mol. The van der Waals surface area contributed by atoms with Crippen LogP contribution < -0.4 is 20.1 Å². The molecule has 0 aliphatic carbocycles. The lowest BCUT2D eigenvalue weighted by Gasteiger charge is -2.09. The molecular weight excluding hydrogens is 296 g/mol. The summed E-state index contributed by atoms with van der Waals surface area (Å²) in [5.41, 5.74) is 2.34. The molecule has 6 heteroatoms. The van der Waals surface area contributed by atoms with Crippen LogP contribution in [0.4, 0.5) is 5.69 Å². The fraction of sp³-hybridized carbons (Fsp3) is 0.176. The maximum atomic E-state index is 11.9. The zero-order valence-corrected chi connectivity index (χ0v) is 12.6. The molecule has 1 aliphatic rings. The first-order valence-electron chi connectivity index (χ1n) is 7.17. The van der Waals surface area contributed by atoms with Gasteiger partial charge in [-0.2, -0.15) is 0 Å². The second-order valence-electron chi connectivity index (χ2n) is 5.14. The second kappa shape index (κ2) is 6.39. The van der Waals surface area contributed by atoms with E-state index >= 15 is 0 Å². The number of rotatable bonds is 3. The first-order chi connectivity index (χ1) is 11.1. The number of carbonyl (C=O) groups is 2. The summed E-state index contributed by atoms with van der Waals surface area (Å²) < 4.78 is 10.5. The van der Waals surface area contributed by atoms with Gasteiger partial charge in [0.1, 0.15) is 0 Å². The van der Waals surface area contributed by atoms with E-state index in [1.807, 2.05) is 25.1 Å². The molecule has 0 aromatic heterocycles. The molecule has 2 aromatic rings. The Morgan fingerprint density at radius 3 is 2.65 bits per heavy atom. The van der Waals surface area contributed by atoms with Crippen LogP contribution >= 0.6 is 0 Å². The summed E-state index contributed by atoms with van der Waals surface area (Å²) in [5, 5.41) is 5.17. The molecule has 0 fully saturated rings. The van der Waals surface area contributed by atoms with Crippen molar-refractivity contribution in [3.8, 4) is 11.5 Å². The molecule has 1 aliphatic heterocycles. The predicted molar refractivity (Wildman–Crippen MR) is 84.2 cm³/mol. The highest BCUT2D eigenvalue weighted by Crippen LogP contribution is 2.32. The molecular formula is C17H16N2O4. The molecule has 3 rings (SSSR count). The summed E-state index contributed by atoms with van der Waals surface area (Å²) in [4.78, 5) is 23.8. The van der Waals surface area contributed by atoms with Gasteiger partial charge in [0.15, 0.2) is 11.5 Å². The Morgan fingerprint density at radius 1 is 1.04 bits per heavy atom. The van der Waals surface area contributed by atoms with Gasteiger partial charge in [-0.15, -0.1) is 0 Å². The zero-order chi connectivity index (χ0) is 16.2. The Kier molecular flexibility index (Phi) is 4.14. The van der Waals surface area contributed by atoms with Crippen molar-refractivity contribution >= 4 is 17.5 Å². The fourth-order valence-corrected chi connectivity index (χ4v) is 2.21. The molecule has 1 heterocycles. The van der Waals surface area contributed by atoms with Crippen LogP contribution in [0.15, 0.2) is 42.5 Å². The van der Waals surface area contributed by atoms with Crippen LogP contribution in [0.25, 0.3) is 0 Å². The Balaban J connectivity index is 1.57. The largest absolute Gasteiger partial charge is 0.454 e. The van der Waals surface area contributed by atoms with E-state index in [9.17, 15) is 9.59 Å². The second-order valence-corrected chi connectivity index (χ2v) is 5.14. The molecule has 2 aromatic carbocycles. The monoisotopic (exact) mass is 312 g/mol. The van der Waals surface area contributed by atoms with E-state index in [2.05, 4.69) is 10.6 Å². The SMILES string of the molecule is Cc1ccccc1NC(=O)C(=O)NCc1ccc2c(c1)OCO2. The van der Waals surface area contributed by atoms with Gasteiger partial charge in [-0.05, 0) is 36.2 Å². The van der Waals surface area contributed by atoms with Gasteiger partial charge in [-0.3, -0.25) is 9.59 Å². The van der Waals surface area contributed by atoms with Crippen molar-refractivity contribution < 1.29 is 19.1 Å². The van der Waals surface area contributed by atoms with Gasteiger partial charge in [-0.25, -0.2) is 0 Å². The third-order valence-electron chi connectivity index (χ3n) is 3.49. The minimum Gasteiger partial charge on any atom is -0.454 e. The van der Waals surface area contributed by atoms with E-state index in [4.69, 9.17) is 9.47 Å². The number of hydrogen-bond acceptors (Lipinski definition) is 4. The van der Waals surface area contributed by atoms with Crippen molar-refractivity contribution in [1.29, 1.82) is 0 Å². The summed E-state index contributed by atoms with van der Waals surface area (Å²) in [5.74, 6) is -0.0653. The van der Waals surface area contributed by atoms with Crippen LogP contribution in [0.1, 0.15) is 11.1 Å². The van der Waals surface area contributed by atoms with Gasteiger partial charge in [0.25, 0.3) is 0 Å². The Hall–Kier alpha value is -3.02. The van der Waals surface area contributed by atoms with E-state index in [1.54, 1.807) is 24.3 Å². The van der Waals surface area contributed by atoms with Crippen LogP contribution in [-0.4, -0.2) is 18.6 Å². The molecule has 118 valence electrons.